The zero-order valence-corrected chi connectivity index (χ0v) is 5.63. The molecule has 0 rings (SSSR count). The fraction of sp³-hybridized carbons (Fsp3) is 0. The van der Waals surface area contributed by atoms with Gasteiger partial charge < -0.3 is 1.43 Å². The molecular weight excluding hydrogens is 85.8 g/mol. The summed E-state index contributed by atoms with van der Waals surface area (Å²) < 4.78 is 0. The number of hydrogen-bond donors (Lipinski definition) is 0. The Balaban J connectivity index is -0.00000000267. The van der Waals surface area contributed by atoms with Gasteiger partial charge in [0.1, 0.15) is 0 Å². The Kier molecular flexibility index (Phi) is 251000. The van der Waals surface area contributed by atoms with Crippen LogP contribution in [0.3, 0.4) is 0 Å². The normalized spacial score (nSPS) is 0.667. The van der Waals surface area contributed by atoms with Crippen molar-refractivity contribution in [1.82, 2.24) is 0 Å². The van der Waals surface area contributed by atoms with E-state index in [1.54, 1.807) is 0 Å². The second-order valence-electron chi connectivity index (χ2n) is 0. The predicted molar refractivity (Wildman–Crippen MR) is 20.2 cm³/mol. The van der Waals surface area contributed by atoms with Crippen LogP contribution >= 0.6 is 0 Å². The van der Waals surface area contributed by atoms with Crippen molar-refractivity contribution >= 4 is 8.41 Å². The van der Waals surface area contributed by atoms with Crippen LogP contribution in [0.2, 0.25) is 0 Å². The molecule has 0 aliphatic rings. The van der Waals surface area contributed by atoms with E-state index in [2.05, 4.69) is 13.1 Å². The molecule has 0 aromatic heterocycles. The van der Waals surface area contributed by atoms with Gasteiger partial charge in [0, 0.05) is 21.6 Å². The molecule has 2 nitrogen and oxygen atoms in total. The van der Waals surface area contributed by atoms with Gasteiger partial charge in [0.05, 0.1) is 0 Å². The molecule has 0 N–H and O–H groups in total. The summed E-state index contributed by atoms with van der Waals surface area (Å²) in [7, 11) is 0. The van der Waals surface area contributed by atoms with Crippen molar-refractivity contribution in [2.24, 2.45) is 0 Å². The van der Waals surface area contributed by atoms with Crippen LogP contribution in [-0.4, -0.2) is 8.41 Å². The van der Waals surface area contributed by atoms with Crippen LogP contribution < -0.4 is 29.6 Å². The molecule has 25 valence electrons. The number of nitrogens with zero attached hydrogens (tertiary/aromatic N) is 2. The number of rotatable bonds is 0. The van der Waals surface area contributed by atoms with Crippen LogP contribution in [0.15, 0.2) is 0 Å². The molecule has 0 aliphatic heterocycles. The zero-order chi connectivity index (χ0) is 4.00. The van der Waals surface area contributed by atoms with Gasteiger partial charge in [-0.2, -0.15) is 0 Å². The maximum absolute atomic E-state index is 6.50. The van der Waals surface area contributed by atoms with Gasteiger partial charge in [-0.25, -0.2) is 10.5 Å². The van der Waals surface area contributed by atoms with E-state index in [1.165, 1.54) is 0 Å². The zero-order valence-electron chi connectivity index (χ0n) is 4.63. The second-order valence-corrected chi connectivity index (χ2v) is 0. The van der Waals surface area contributed by atoms with Gasteiger partial charge in [-0.1, -0.05) is 0 Å². The topological polar surface area (TPSA) is 47.6 Å². The maximum Gasteiger partial charge on any atom is 1.00 e. The summed E-state index contributed by atoms with van der Waals surface area (Å²) in [5, 5.41) is 13.0. The van der Waals surface area contributed by atoms with E-state index in [0.29, 0.717) is 0 Å². The first-order chi connectivity index (χ1) is 2.00. The van der Waals surface area contributed by atoms with Crippen LogP contribution in [0.1, 0.15) is 1.43 Å². The third-order valence-corrected chi connectivity index (χ3v) is 0. The Hall–Kier alpha value is 0.0449. The van der Waals surface area contributed by atoms with Crippen molar-refractivity contribution in [3.8, 4) is 13.1 Å². The minimum absolute atomic E-state index is 0. The quantitative estimate of drug-likeness (QED) is 0.297. The Morgan fingerprint density at radius 3 is 1.00 bits per heavy atom. The molecule has 4 heteroatoms. The van der Waals surface area contributed by atoms with Crippen LogP contribution in [0.25, 0.3) is 0 Å². The van der Waals surface area contributed by atoms with Crippen molar-refractivity contribution in [2.45, 2.75) is 0 Å². The van der Waals surface area contributed by atoms with Gasteiger partial charge in [-0.05, 0) is 0 Å². The fourth-order valence-electron chi connectivity index (χ4n) is 0. The van der Waals surface area contributed by atoms with E-state index in [4.69, 9.17) is 10.5 Å². The Morgan fingerprint density at radius 1 is 1.00 bits per heavy atom. The average Bonchev–Trinajstić information content (AvgIpc) is 1.50. The largest absolute Gasteiger partial charge is 1.00 e. The second kappa shape index (κ2) is 40900. The summed E-state index contributed by atoms with van der Waals surface area (Å²) in [6.45, 7) is 7.00. The third-order valence-electron chi connectivity index (χ3n) is 0. The van der Waals surface area contributed by atoms with Crippen LogP contribution in [-0.2, 0) is 0 Å². The molecule has 0 amide bonds. The van der Waals surface area contributed by atoms with Crippen molar-refractivity contribution in [2.75, 3.05) is 0 Å². The third kappa shape index (κ3) is 18600. The predicted octanol–water partition coefficient (Wildman–Crippen LogP) is -2.98. The molecule has 0 saturated carbocycles. The van der Waals surface area contributed by atoms with Crippen LogP contribution in [0.5, 0.6) is 0 Å². The molecule has 0 aromatic rings. The first kappa shape index (κ1) is 36.8. The molecule has 0 aliphatic carbocycles. The molecular formula is C2H3BN2Na. The molecule has 0 unspecified atom stereocenters. The summed E-state index contributed by atoms with van der Waals surface area (Å²) in [5.41, 5.74) is 0. The number of hydrogen-bond acceptors (Lipinski definition) is 2. The summed E-state index contributed by atoms with van der Waals surface area (Å²) in [4.78, 5) is 0. The molecule has 0 bridgehead atoms. The SMILES string of the molecule is C#N.C#N.[B].[H-].[Na+]. The first-order valence-electron chi connectivity index (χ1n) is 0.516. The van der Waals surface area contributed by atoms with Crippen LogP contribution in [0, 0.1) is 23.7 Å². The summed E-state index contributed by atoms with van der Waals surface area (Å²) in [5.74, 6) is 0. The minimum Gasteiger partial charge on any atom is -1.00 e. The molecule has 0 spiro atoms. The Morgan fingerprint density at radius 2 is 1.00 bits per heavy atom. The van der Waals surface area contributed by atoms with E-state index in [-0.39, 0.29) is 39.4 Å². The van der Waals surface area contributed by atoms with Gasteiger partial charge in [0.2, 0.25) is 0 Å². The first-order valence-corrected chi connectivity index (χ1v) is 0.516. The standard InChI is InChI=1S/2CHN.B.Na.H/c2*1-2;;;/h2*1H;;;/q;;;+1;-1. The fourth-order valence-corrected chi connectivity index (χ4v) is 0. The average molecular weight is 88.9 g/mol. The molecule has 0 fully saturated rings. The van der Waals surface area contributed by atoms with Gasteiger partial charge in [0.25, 0.3) is 0 Å². The molecule has 0 saturated heterocycles. The summed E-state index contributed by atoms with van der Waals surface area (Å²) in [6.07, 6.45) is 0. The van der Waals surface area contributed by atoms with Crippen molar-refractivity contribution in [3.05, 3.63) is 0 Å². The van der Waals surface area contributed by atoms with Crippen LogP contribution in [0.4, 0.5) is 0 Å². The summed E-state index contributed by atoms with van der Waals surface area (Å²) in [6, 6.07) is 0. The van der Waals surface area contributed by atoms with Crippen molar-refractivity contribution < 1.29 is 31.0 Å². The van der Waals surface area contributed by atoms with E-state index in [9.17, 15) is 0 Å². The molecule has 0 aromatic carbocycles. The van der Waals surface area contributed by atoms with E-state index >= 15 is 0 Å². The minimum atomic E-state index is 0. The monoisotopic (exact) mass is 89.0 g/mol. The summed E-state index contributed by atoms with van der Waals surface area (Å²) >= 11 is 0. The van der Waals surface area contributed by atoms with Crippen molar-refractivity contribution in [3.63, 3.8) is 0 Å². The van der Waals surface area contributed by atoms with E-state index < -0.39 is 0 Å². The van der Waals surface area contributed by atoms with Gasteiger partial charge in [-0.3, -0.25) is 0 Å². The Labute approximate surface area is 63.1 Å². The Bertz CT molecular complexity index is 31.2. The molecule has 0 heterocycles. The molecule has 6 heavy (non-hydrogen) atoms. The van der Waals surface area contributed by atoms with E-state index in [1.807, 2.05) is 0 Å². The van der Waals surface area contributed by atoms with Gasteiger partial charge in [-0.15, -0.1) is 0 Å². The maximum atomic E-state index is 6.50. The molecule has 3 radical (unpaired) electrons. The van der Waals surface area contributed by atoms with Gasteiger partial charge >= 0.3 is 29.6 Å². The van der Waals surface area contributed by atoms with Gasteiger partial charge in [0.15, 0.2) is 0 Å². The number of nitriles is 2. The van der Waals surface area contributed by atoms with E-state index in [0.717, 1.165) is 0 Å². The smallest absolute Gasteiger partial charge is 1.00 e. The van der Waals surface area contributed by atoms with Crippen molar-refractivity contribution in [1.29, 1.82) is 10.5 Å². The molecule has 0 atom stereocenters.